The van der Waals surface area contributed by atoms with Gasteiger partial charge in [0.25, 0.3) is 0 Å². The number of benzene rings is 1. The van der Waals surface area contributed by atoms with Crippen LogP contribution < -0.4 is 9.84 Å². The molecule has 0 spiro atoms. The highest BCUT2D eigenvalue weighted by atomic mass is 16.5. The molecule has 0 aliphatic heterocycles. The van der Waals surface area contributed by atoms with Crippen LogP contribution in [0.25, 0.3) is 0 Å². The first-order valence-electron chi connectivity index (χ1n) is 3.23. The van der Waals surface area contributed by atoms with E-state index in [1.165, 1.54) is 25.3 Å². The van der Waals surface area contributed by atoms with Crippen LogP contribution in [0.5, 0.6) is 11.5 Å². The van der Waals surface area contributed by atoms with Gasteiger partial charge in [-0.2, -0.15) is 0 Å². The maximum atomic E-state index is 10.9. The molecule has 0 aliphatic rings. The normalized spacial score (nSPS) is 9.42. The van der Waals surface area contributed by atoms with E-state index in [1.807, 2.05) is 0 Å². The lowest BCUT2D eigenvalue weighted by Gasteiger charge is -2.10. The largest absolute Gasteiger partial charge is 0.872 e. The Bertz CT molecular complexity index is 306. The molecule has 4 heteroatoms. The molecule has 1 aromatic rings. The van der Waals surface area contributed by atoms with Crippen molar-refractivity contribution in [1.82, 2.24) is 0 Å². The van der Waals surface area contributed by atoms with Crippen molar-refractivity contribution in [3.05, 3.63) is 23.8 Å². The number of rotatable bonds is 2. The van der Waals surface area contributed by atoms with Crippen molar-refractivity contribution in [1.29, 1.82) is 0 Å². The number of methoxy groups -OCH3 is 1. The highest BCUT2D eigenvalue weighted by Crippen LogP contribution is 2.20. The zero-order chi connectivity index (χ0) is 9.14. The number of aromatic carboxylic acids is 1. The summed E-state index contributed by atoms with van der Waals surface area (Å²) >= 11 is 0. The SMILES string of the molecule is COc1ccc([O-])c(C(=O)O)c1. The Morgan fingerprint density at radius 3 is 2.75 bits per heavy atom. The first-order chi connectivity index (χ1) is 5.65. The van der Waals surface area contributed by atoms with Crippen molar-refractivity contribution >= 4 is 5.97 Å². The van der Waals surface area contributed by atoms with E-state index in [-0.39, 0.29) is 5.56 Å². The maximum Gasteiger partial charge on any atom is 0.335 e. The van der Waals surface area contributed by atoms with Crippen molar-refractivity contribution in [2.45, 2.75) is 0 Å². The third kappa shape index (κ3) is 1.47. The molecule has 4 nitrogen and oxygen atoms in total. The van der Waals surface area contributed by atoms with Gasteiger partial charge in [-0.25, -0.2) is 4.79 Å². The van der Waals surface area contributed by atoms with E-state index in [9.17, 15) is 9.90 Å². The Hall–Kier alpha value is -1.71. The predicted octanol–water partition coefficient (Wildman–Crippen LogP) is 0.467. The van der Waals surface area contributed by atoms with Crippen molar-refractivity contribution in [2.24, 2.45) is 0 Å². The van der Waals surface area contributed by atoms with Crippen LogP contribution in [0.4, 0.5) is 0 Å². The Morgan fingerprint density at radius 1 is 1.58 bits per heavy atom. The van der Waals surface area contributed by atoms with Crippen LogP contribution in [-0.4, -0.2) is 18.2 Å². The van der Waals surface area contributed by atoms with Crippen molar-refractivity contribution < 1.29 is 19.7 Å². The zero-order valence-electron chi connectivity index (χ0n) is 6.40. The topological polar surface area (TPSA) is 69.6 Å². The number of hydrogen-bond acceptors (Lipinski definition) is 3. The van der Waals surface area contributed by atoms with Gasteiger partial charge in [-0.1, -0.05) is 11.8 Å². The molecule has 0 amide bonds. The van der Waals surface area contributed by atoms with E-state index in [2.05, 4.69) is 0 Å². The quantitative estimate of drug-likeness (QED) is 0.694. The van der Waals surface area contributed by atoms with Gasteiger partial charge in [0.1, 0.15) is 5.75 Å². The lowest BCUT2D eigenvalue weighted by Crippen LogP contribution is -2.03. The lowest BCUT2D eigenvalue weighted by molar-refractivity contribution is -0.268. The molecule has 0 radical (unpaired) electrons. The second kappa shape index (κ2) is 3.13. The van der Waals surface area contributed by atoms with Gasteiger partial charge in [0.05, 0.1) is 12.7 Å². The number of carboxylic acid groups (broad SMARTS) is 1. The second-order valence-electron chi connectivity index (χ2n) is 2.17. The van der Waals surface area contributed by atoms with E-state index in [0.717, 1.165) is 0 Å². The number of ether oxygens (including phenoxy) is 1. The van der Waals surface area contributed by atoms with Gasteiger partial charge in [0.2, 0.25) is 0 Å². The molecular weight excluding hydrogens is 160 g/mol. The molecule has 0 bridgehead atoms. The molecule has 0 saturated heterocycles. The van der Waals surface area contributed by atoms with Crippen LogP contribution in [0.2, 0.25) is 0 Å². The average molecular weight is 167 g/mol. The predicted molar refractivity (Wildman–Crippen MR) is 39.4 cm³/mol. The van der Waals surface area contributed by atoms with Crippen molar-refractivity contribution in [3.63, 3.8) is 0 Å². The van der Waals surface area contributed by atoms with Gasteiger partial charge < -0.3 is 14.9 Å². The zero-order valence-corrected chi connectivity index (χ0v) is 6.40. The summed E-state index contributed by atoms with van der Waals surface area (Å²) < 4.78 is 4.76. The van der Waals surface area contributed by atoms with E-state index >= 15 is 0 Å². The third-order valence-electron chi connectivity index (χ3n) is 1.42. The molecule has 1 aromatic carbocycles. The minimum Gasteiger partial charge on any atom is -0.872 e. The fourth-order valence-electron chi connectivity index (χ4n) is 0.803. The molecule has 0 aromatic heterocycles. The van der Waals surface area contributed by atoms with Gasteiger partial charge >= 0.3 is 5.97 Å². The minimum atomic E-state index is -1.24. The van der Waals surface area contributed by atoms with Crippen molar-refractivity contribution in [3.8, 4) is 11.5 Å². The molecular formula is C8H7O4-. The van der Waals surface area contributed by atoms with Gasteiger partial charge in [-0.3, -0.25) is 0 Å². The van der Waals surface area contributed by atoms with E-state index in [1.54, 1.807) is 0 Å². The standard InChI is InChI=1S/C8H8O4/c1-12-5-2-3-7(9)6(4-5)8(10)11/h2-4,9H,1H3,(H,10,11)/p-1. The highest BCUT2D eigenvalue weighted by Gasteiger charge is 2.04. The Morgan fingerprint density at radius 2 is 2.25 bits per heavy atom. The number of hydrogen-bond donors (Lipinski definition) is 1. The molecule has 0 aliphatic carbocycles. The average Bonchev–Trinajstić information content (AvgIpc) is 2.05. The second-order valence-corrected chi connectivity index (χ2v) is 2.17. The molecule has 64 valence electrons. The van der Waals surface area contributed by atoms with Crippen LogP contribution >= 0.6 is 0 Å². The minimum absolute atomic E-state index is 0.269. The first kappa shape index (κ1) is 8.39. The summed E-state index contributed by atoms with van der Waals surface area (Å²) in [6, 6.07) is 3.79. The van der Waals surface area contributed by atoms with Crippen molar-refractivity contribution in [2.75, 3.05) is 7.11 Å². The third-order valence-corrected chi connectivity index (χ3v) is 1.42. The summed E-state index contributed by atoms with van der Waals surface area (Å²) in [6.45, 7) is 0. The lowest BCUT2D eigenvalue weighted by atomic mass is 10.2. The molecule has 1 N–H and O–H groups in total. The summed E-state index contributed by atoms with van der Waals surface area (Å²) in [6.07, 6.45) is 0. The number of carboxylic acids is 1. The molecule has 0 saturated carbocycles. The summed E-state index contributed by atoms with van der Waals surface area (Å²) in [4.78, 5) is 10.4. The van der Waals surface area contributed by atoms with Crippen LogP contribution in [-0.2, 0) is 0 Å². The monoisotopic (exact) mass is 167 g/mol. The molecule has 0 atom stereocenters. The van der Waals surface area contributed by atoms with E-state index in [0.29, 0.717) is 5.75 Å². The van der Waals surface area contributed by atoms with Gasteiger partial charge in [0.15, 0.2) is 0 Å². The molecule has 0 fully saturated rings. The Kier molecular flexibility index (Phi) is 2.19. The Balaban J connectivity index is 3.17. The first-order valence-corrected chi connectivity index (χ1v) is 3.23. The summed E-state index contributed by atoms with van der Waals surface area (Å²) in [5.74, 6) is -1.38. The molecule has 12 heavy (non-hydrogen) atoms. The fourth-order valence-corrected chi connectivity index (χ4v) is 0.803. The van der Waals surface area contributed by atoms with Gasteiger partial charge in [-0.05, 0) is 12.1 Å². The number of carbonyl (C=O) groups is 1. The fraction of sp³-hybridized carbons (Fsp3) is 0.125. The summed E-state index contributed by atoms with van der Waals surface area (Å²) in [5, 5.41) is 19.4. The van der Waals surface area contributed by atoms with Crippen LogP contribution in [0, 0.1) is 0 Å². The van der Waals surface area contributed by atoms with E-state index in [4.69, 9.17) is 9.84 Å². The van der Waals surface area contributed by atoms with Crippen LogP contribution in [0.15, 0.2) is 18.2 Å². The van der Waals surface area contributed by atoms with Crippen LogP contribution in [0.1, 0.15) is 10.4 Å². The highest BCUT2D eigenvalue weighted by molar-refractivity contribution is 5.91. The summed E-state index contributed by atoms with van der Waals surface area (Å²) in [5.41, 5.74) is -0.269. The smallest absolute Gasteiger partial charge is 0.335 e. The maximum absolute atomic E-state index is 10.9. The Labute approximate surface area is 69.0 Å². The molecule has 0 heterocycles. The van der Waals surface area contributed by atoms with Crippen LogP contribution in [0.3, 0.4) is 0 Å². The van der Waals surface area contributed by atoms with Gasteiger partial charge in [0, 0.05) is 0 Å². The molecule has 1 rings (SSSR count). The van der Waals surface area contributed by atoms with Gasteiger partial charge in [-0.15, -0.1) is 0 Å². The molecule has 0 unspecified atom stereocenters. The summed E-state index contributed by atoms with van der Waals surface area (Å²) in [7, 11) is 1.41. The van der Waals surface area contributed by atoms with E-state index < -0.39 is 11.7 Å².